The van der Waals surface area contributed by atoms with Gasteiger partial charge in [0.1, 0.15) is 5.82 Å². The number of hydrogen-bond acceptors (Lipinski definition) is 3. The van der Waals surface area contributed by atoms with E-state index in [2.05, 4.69) is 5.32 Å². The number of piperidine rings is 1. The molecule has 5 nitrogen and oxygen atoms in total. The van der Waals surface area contributed by atoms with Gasteiger partial charge in [0.15, 0.2) is 0 Å². The fraction of sp³-hybridized carbons (Fsp3) is 0.350. The van der Waals surface area contributed by atoms with Gasteiger partial charge in [0.25, 0.3) is 5.91 Å². The van der Waals surface area contributed by atoms with Crippen molar-refractivity contribution in [1.82, 2.24) is 9.62 Å². The van der Waals surface area contributed by atoms with E-state index in [1.807, 2.05) is 13.0 Å². The normalized spacial score (nSPS) is 16.3. The number of sulfonamides is 1. The van der Waals surface area contributed by atoms with Crippen LogP contribution in [-0.2, 0) is 10.0 Å². The van der Waals surface area contributed by atoms with Gasteiger partial charge in [-0.05, 0) is 62.6 Å². The first-order chi connectivity index (χ1) is 12.8. The molecule has 0 saturated carbocycles. The van der Waals surface area contributed by atoms with Crippen LogP contribution >= 0.6 is 0 Å². The molecule has 3 rings (SSSR count). The summed E-state index contributed by atoms with van der Waals surface area (Å²) >= 11 is 0. The van der Waals surface area contributed by atoms with Crippen LogP contribution in [0.15, 0.2) is 47.4 Å². The third-order valence-corrected chi connectivity index (χ3v) is 6.90. The van der Waals surface area contributed by atoms with Gasteiger partial charge in [-0.3, -0.25) is 4.79 Å². The van der Waals surface area contributed by atoms with Gasteiger partial charge in [-0.2, -0.15) is 4.31 Å². The van der Waals surface area contributed by atoms with E-state index < -0.39 is 15.8 Å². The molecule has 0 spiro atoms. The van der Waals surface area contributed by atoms with E-state index in [-0.39, 0.29) is 11.9 Å². The number of aryl methyl sites for hydroxylation is 2. The SMILES string of the molecule is Cc1ccc(S(=O)(=O)N2CCC(NC(=O)c3ccc(F)cc3)CC2)c(C)c1. The van der Waals surface area contributed by atoms with Crippen LogP contribution in [0.1, 0.15) is 34.3 Å². The van der Waals surface area contributed by atoms with Crippen molar-refractivity contribution in [2.75, 3.05) is 13.1 Å². The summed E-state index contributed by atoms with van der Waals surface area (Å²) < 4.78 is 40.2. The minimum Gasteiger partial charge on any atom is -0.349 e. The van der Waals surface area contributed by atoms with Crippen molar-refractivity contribution in [3.05, 3.63) is 65.0 Å². The van der Waals surface area contributed by atoms with Gasteiger partial charge in [0.2, 0.25) is 10.0 Å². The Morgan fingerprint density at radius 1 is 1.07 bits per heavy atom. The summed E-state index contributed by atoms with van der Waals surface area (Å²) in [7, 11) is -3.54. The molecule has 0 aliphatic carbocycles. The molecular weight excluding hydrogens is 367 g/mol. The Bertz CT molecular complexity index is 934. The van der Waals surface area contributed by atoms with Crippen LogP contribution in [0.4, 0.5) is 4.39 Å². The number of carbonyl (C=O) groups is 1. The second-order valence-corrected chi connectivity index (χ2v) is 8.83. The lowest BCUT2D eigenvalue weighted by molar-refractivity contribution is 0.0924. The average Bonchev–Trinajstić information content (AvgIpc) is 2.62. The number of benzene rings is 2. The van der Waals surface area contributed by atoms with Crippen LogP contribution < -0.4 is 5.32 Å². The number of hydrogen-bond donors (Lipinski definition) is 1. The Hall–Kier alpha value is -2.25. The van der Waals surface area contributed by atoms with Gasteiger partial charge in [-0.15, -0.1) is 0 Å². The van der Waals surface area contributed by atoms with Crippen molar-refractivity contribution in [2.45, 2.75) is 37.6 Å². The van der Waals surface area contributed by atoms with E-state index >= 15 is 0 Å². The Balaban J connectivity index is 1.62. The van der Waals surface area contributed by atoms with Crippen LogP contribution in [0.5, 0.6) is 0 Å². The van der Waals surface area contributed by atoms with Crippen molar-refractivity contribution >= 4 is 15.9 Å². The van der Waals surface area contributed by atoms with Crippen molar-refractivity contribution in [3.63, 3.8) is 0 Å². The summed E-state index contributed by atoms with van der Waals surface area (Å²) in [6.45, 7) is 4.43. The Labute approximate surface area is 159 Å². The molecule has 1 aliphatic rings. The van der Waals surface area contributed by atoms with Crippen molar-refractivity contribution in [3.8, 4) is 0 Å². The molecule has 1 aliphatic heterocycles. The average molecular weight is 390 g/mol. The zero-order valence-corrected chi connectivity index (χ0v) is 16.2. The van der Waals surface area contributed by atoms with Crippen molar-refractivity contribution in [1.29, 1.82) is 0 Å². The first-order valence-electron chi connectivity index (χ1n) is 8.91. The monoisotopic (exact) mass is 390 g/mol. The van der Waals surface area contributed by atoms with Gasteiger partial charge in [-0.25, -0.2) is 12.8 Å². The van der Waals surface area contributed by atoms with E-state index in [1.165, 1.54) is 28.6 Å². The number of rotatable bonds is 4. The van der Waals surface area contributed by atoms with Gasteiger partial charge in [0.05, 0.1) is 4.90 Å². The Morgan fingerprint density at radius 2 is 1.70 bits per heavy atom. The third-order valence-electron chi connectivity index (χ3n) is 4.84. The van der Waals surface area contributed by atoms with Gasteiger partial charge < -0.3 is 5.32 Å². The predicted molar refractivity (Wildman–Crippen MR) is 102 cm³/mol. The number of carbonyl (C=O) groups excluding carboxylic acids is 1. The molecule has 1 saturated heterocycles. The zero-order valence-electron chi connectivity index (χ0n) is 15.4. The molecule has 1 fully saturated rings. The fourth-order valence-corrected chi connectivity index (χ4v) is 5.01. The number of nitrogens with one attached hydrogen (secondary N) is 1. The molecule has 2 aromatic rings. The summed E-state index contributed by atoms with van der Waals surface area (Å²) in [5.41, 5.74) is 2.15. The van der Waals surface area contributed by atoms with E-state index in [4.69, 9.17) is 0 Å². The smallest absolute Gasteiger partial charge is 0.251 e. The summed E-state index contributed by atoms with van der Waals surface area (Å²) in [6.07, 6.45) is 1.08. The Morgan fingerprint density at radius 3 is 2.30 bits per heavy atom. The molecule has 27 heavy (non-hydrogen) atoms. The van der Waals surface area contributed by atoms with Gasteiger partial charge in [0, 0.05) is 24.7 Å². The summed E-state index contributed by atoms with van der Waals surface area (Å²) in [6, 6.07) is 10.6. The first kappa shape index (κ1) is 19.5. The molecule has 0 unspecified atom stereocenters. The van der Waals surface area contributed by atoms with Crippen LogP contribution in [-0.4, -0.2) is 37.8 Å². The highest BCUT2D eigenvalue weighted by Gasteiger charge is 2.30. The standard InChI is InChI=1S/C20H23FN2O3S/c1-14-3-8-19(15(2)13-14)27(25,26)23-11-9-18(10-12-23)22-20(24)16-4-6-17(21)7-5-16/h3-8,13,18H,9-12H2,1-2H3,(H,22,24). The van der Waals surface area contributed by atoms with Crippen molar-refractivity contribution in [2.24, 2.45) is 0 Å². The van der Waals surface area contributed by atoms with Crippen LogP contribution in [0.2, 0.25) is 0 Å². The van der Waals surface area contributed by atoms with Crippen LogP contribution in [0, 0.1) is 19.7 Å². The molecule has 2 aromatic carbocycles. The maximum atomic E-state index is 13.0. The third kappa shape index (κ3) is 4.36. The lowest BCUT2D eigenvalue weighted by Crippen LogP contribution is -2.46. The lowest BCUT2D eigenvalue weighted by Gasteiger charge is -2.32. The molecule has 0 atom stereocenters. The highest BCUT2D eigenvalue weighted by molar-refractivity contribution is 7.89. The summed E-state index contributed by atoms with van der Waals surface area (Å²) in [5, 5.41) is 2.90. The van der Waals surface area contributed by atoms with Crippen LogP contribution in [0.25, 0.3) is 0 Å². The lowest BCUT2D eigenvalue weighted by atomic mass is 10.1. The van der Waals surface area contributed by atoms with Gasteiger partial charge in [-0.1, -0.05) is 17.7 Å². The summed E-state index contributed by atoms with van der Waals surface area (Å²) in [4.78, 5) is 12.6. The van der Waals surface area contributed by atoms with E-state index in [0.29, 0.717) is 36.4 Å². The van der Waals surface area contributed by atoms with E-state index in [1.54, 1.807) is 19.1 Å². The molecule has 1 amide bonds. The summed E-state index contributed by atoms with van der Waals surface area (Å²) in [5.74, 6) is -0.665. The minimum atomic E-state index is -3.54. The highest BCUT2D eigenvalue weighted by atomic mass is 32.2. The number of halogens is 1. The molecule has 0 radical (unpaired) electrons. The van der Waals surface area contributed by atoms with Crippen molar-refractivity contribution < 1.29 is 17.6 Å². The molecule has 0 aromatic heterocycles. The molecule has 144 valence electrons. The molecule has 0 bridgehead atoms. The second-order valence-electron chi connectivity index (χ2n) is 6.93. The van der Waals surface area contributed by atoms with Crippen LogP contribution in [0.3, 0.4) is 0 Å². The van der Waals surface area contributed by atoms with E-state index in [9.17, 15) is 17.6 Å². The Kier molecular flexibility index (Phi) is 5.62. The van der Waals surface area contributed by atoms with Gasteiger partial charge >= 0.3 is 0 Å². The fourth-order valence-electron chi connectivity index (χ4n) is 3.34. The molecule has 1 N–H and O–H groups in total. The largest absolute Gasteiger partial charge is 0.349 e. The predicted octanol–water partition coefficient (Wildman–Crippen LogP) is 3.03. The van der Waals surface area contributed by atoms with E-state index in [0.717, 1.165) is 11.1 Å². The highest BCUT2D eigenvalue weighted by Crippen LogP contribution is 2.24. The minimum absolute atomic E-state index is 0.104. The quantitative estimate of drug-likeness (QED) is 0.873. The number of nitrogens with zero attached hydrogens (tertiary/aromatic N) is 1. The maximum Gasteiger partial charge on any atom is 0.251 e. The second kappa shape index (κ2) is 7.78. The molecule has 1 heterocycles. The first-order valence-corrected chi connectivity index (χ1v) is 10.4. The molecular formula is C20H23FN2O3S. The molecule has 7 heteroatoms. The number of amides is 1. The zero-order chi connectivity index (χ0) is 19.6. The maximum absolute atomic E-state index is 13.0. The topological polar surface area (TPSA) is 66.5 Å².